The molecule has 0 aromatic carbocycles. The Balaban J connectivity index is 2.48. The molecule has 0 bridgehead atoms. The van der Waals surface area contributed by atoms with Crippen LogP contribution in [0.1, 0.15) is 33.4 Å². The second kappa shape index (κ2) is 5.19. The molecule has 5 N–H and O–H groups in total. The van der Waals surface area contributed by atoms with E-state index in [4.69, 9.17) is 11.5 Å². The van der Waals surface area contributed by atoms with E-state index in [0.717, 1.165) is 11.3 Å². The number of hydrogen-bond donors (Lipinski definition) is 3. The number of amides is 2. The fourth-order valence-electron chi connectivity index (χ4n) is 2.37. The summed E-state index contributed by atoms with van der Waals surface area (Å²) in [4.78, 5) is 27.4. The second-order valence-corrected chi connectivity index (χ2v) is 6.76. The van der Waals surface area contributed by atoms with Crippen LogP contribution in [-0.4, -0.2) is 54.6 Å². The summed E-state index contributed by atoms with van der Waals surface area (Å²) in [6.07, 6.45) is 0.583. The minimum Gasteiger partial charge on any atom is -0.397 e. The summed E-state index contributed by atoms with van der Waals surface area (Å²) < 4.78 is 0. The van der Waals surface area contributed by atoms with Gasteiger partial charge in [-0.2, -0.15) is 0 Å². The number of β-amino-alcohol motifs (C(OH)–C–C–N with tert-alkyl or cyclic N) is 1. The van der Waals surface area contributed by atoms with Crippen LogP contribution in [0.4, 0.5) is 10.7 Å². The molecular formula is C13H20N4O3S. The van der Waals surface area contributed by atoms with Crippen molar-refractivity contribution in [3.8, 4) is 0 Å². The van der Waals surface area contributed by atoms with Gasteiger partial charge in [-0.3, -0.25) is 9.59 Å². The van der Waals surface area contributed by atoms with Crippen molar-refractivity contribution in [1.29, 1.82) is 0 Å². The fraction of sp³-hybridized carbons (Fsp3) is 0.538. The van der Waals surface area contributed by atoms with Crippen LogP contribution < -0.4 is 16.4 Å². The average Bonchev–Trinajstić information content (AvgIpc) is 2.88. The second-order valence-electron chi connectivity index (χ2n) is 5.76. The van der Waals surface area contributed by atoms with Gasteiger partial charge < -0.3 is 26.4 Å². The molecular weight excluding hydrogens is 292 g/mol. The first-order valence-corrected chi connectivity index (χ1v) is 7.37. The largest absolute Gasteiger partial charge is 0.397 e. The van der Waals surface area contributed by atoms with Crippen LogP contribution in [-0.2, 0) is 0 Å². The molecule has 0 saturated carbocycles. The van der Waals surface area contributed by atoms with Gasteiger partial charge in [-0.05, 0) is 13.3 Å². The van der Waals surface area contributed by atoms with Crippen LogP contribution in [0.15, 0.2) is 0 Å². The van der Waals surface area contributed by atoms with Crippen molar-refractivity contribution in [1.82, 2.24) is 4.90 Å². The lowest BCUT2D eigenvalue weighted by Crippen LogP contribution is -2.30. The van der Waals surface area contributed by atoms with Gasteiger partial charge in [0.2, 0.25) is 0 Å². The lowest BCUT2D eigenvalue weighted by Gasteiger charge is -2.20. The van der Waals surface area contributed by atoms with Crippen LogP contribution >= 0.6 is 11.3 Å². The number of carbonyl (C=O) groups is 2. The first kappa shape index (κ1) is 15.6. The molecule has 1 fully saturated rings. The third-order valence-electron chi connectivity index (χ3n) is 3.51. The number of rotatable bonds is 3. The predicted octanol–water partition coefficient (Wildman–Crippen LogP) is 0.0921. The van der Waals surface area contributed by atoms with E-state index in [1.807, 2.05) is 4.90 Å². The molecule has 0 radical (unpaired) electrons. The molecule has 1 aromatic heterocycles. The molecule has 21 heavy (non-hydrogen) atoms. The van der Waals surface area contributed by atoms with Crippen LogP contribution in [0.3, 0.4) is 0 Å². The number of nitrogen functional groups attached to an aromatic ring is 1. The van der Waals surface area contributed by atoms with E-state index in [-0.39, 0.29) is 17.2 Å². The minimum atomic E-state index is -0.820. The molecule has 1 aliphatic rings. The summed E-state index contributed by atoms with van der Waals surface area (Å²) in [7, 11) is 3.23. The number of aliphatic hydroxyl groups is 1. The Kier molecular flexibility index (Phi) is 3.85. The molecule has 1 aromatic rings. The van der Waals surface area contributed by atoms with Gasteiger partial charge in [-0.1, -0.05) is 0 Å². The van der Waals surface area contributed by atoms with Crippen molar-refractivity contribution >= 4 is 33.8 Å². The van der Waals surface area contributed by atoms with E-state index < -0.39 is 11.5 Å². The van der Waals surface area contributed by atoms with Crippen molar-refractivity contribution in [3.63, 3.8) is 0 Å². The van der Waals surface area contributed by atoms with Crippen molar-refractivity contribution in [2.75, 3.05) is 37.8 Å². The first-order valence-electron chi connectivity index (χ1n) is 6.55. The van der Waals surface area contributed by atoms with E-state index in [0.29, 0.717) is 29.4 Å². The van der Waals surface area contributed by atoms with E-state index >= 15 is 0 Å². The van der Waals surface area contributed by atoms with Crippen LogP contribution in [0, 0.1) is 0 Å². The molecule has 8 heteroatoms. The minimum absolute atomic E-state index is 0.118. The molecule has 7 nitrogen and oxygen atoms in total. The van der Waals surface area contributed by atoms with Crippen molar-refractivity contribution in [3.05, 3.63) is 10.4 Å². The zero-order chi connectivity index (χ0) is 15.9. The van der Waals surface area contributed by atoms with Crippen molar-refractivity contribution < 1.29 is 14.7 Å². The van der Waals surface area contributed by atoms with Gasteiger partial charge in [0, 0.05) is 27.2 Å². The van der Waals surface area contributed by atoms with Gasteiger partial charge in [-0.15, -0.1) is 11.3 Å². The van der Waals surface area contributed by atoms with Gasteiger partial charge in [0.25, 0.3) is 11.8 Å². The maximum atomic E-state index is 12.1. The van der Waals surface area contributed by atoms with Gasteiger partial charge >= 0.3 is 0 Å². The molecule has 1 unspecified atom stereocenters. The Morgan fingerprint density at radius 3 is 2.48 bits per heavy atom. The third kappa shape index (κ3) is 2.81. The molecule has 1 saturated heterocycles. The van der Waals surface area contributed by atoms with E-state index in [1.54, 1.807) is 21.0 Å². The number of carbonyl (C=O) groups excluding carboxylic acids is 2. The number of thiophene rings is 1. The molecule has 2 rings (SSSR count). The molecule has 1 aliphatic heterocycles. The Bertz CT molecular complexity index is 594. The maximum absolute atomic E-state index is 12.1. The zero-order valence-corrected chi connectivity index (χ0v) is 13.2. The monoisotopic (exact) mass is 312 g/mol. The SMILES string of the molecule is CN(C)C(=O)c1sc(N2CCC(C)(O)C2)c(C(N)=O)c1N. The van der Waals surface area contributed by atoms with Gasteiger partial charge in [0.05, 0.1) is 16.9 Å². The summed E-state index contributed by atoms with van der Waals surface area (Å²) in [5.41, 5.74) is 10.8. The van der Waals surface area contributed by atoms with E-state index in [2.05, 4.69) is 0 Å². The summed E-state index contributed by atoms with van der Waals surface area (Å²) >= 11 is 1.15. The molecule has 2 heterocycles. The summed E-state index contributed by atoms with van der Waals surface area (Å²) in [6, 6.07) is 0. The Morgan fingerprint density at radius 2 is 2.05 bits per heavy atom. The molecule has 2 amide bonds. The third-order valence-corrected chi connectivity index (χ3v) is 4.77. The van der Waals surface area contributed by atoms with Gasteiger partial charge in [0.15, 0.2) is 0 Å². The molecule has 0 aliphatic carbocycles. The van der Waals surface area contributed by atoms with E-state index in [1.165, 1.54) is 4.90 Å². The molecule has 1 atom stereocenters. The highest BCUT2D eigenvalue weighted by Crippen LogP contribution is 2.41. The van der Waals surface area contributed by atoms with Crippen LogP contribution in [0.25, 0.3) is 0 Å². The Labute approximate surface area is 127 Å². The topological polar surface area (TPSA) is 113 Å². The van der Waals surface area contributed by atoms with Crippen molar-refractivity contribution in [2.45, 2.75) is 18.9 Å². The molecule has 0 spiro atoms. The maximum Gasteiger partial charge on any atom is 0.265 e. The number of anilines is 2. The van der Waals surface area contributed by atoms with Gasteiger partial charge in [-0.25, -0.2) is 0 Å². The lowest BCUT2D eigenvalue weighted by atomic mass is 10.1. The lowest BCUT2D eigenvalue weighted by molar-refractivity contribution is 0.0829. The standard InChI is InChI=1S/C13H20N4O3S/c1-13(20)4-5-17(6-13)12-7(10(15)18)8(14)9(21-12)11(19)16(2)3/h20H,4-6,14H2,1-3H3,(H2,15,18). The molecule has 116 valence electrons. The highest BCUT2D eigenvalue weighted by molar-refractivity contribution is 7.19. The van der Waals surface area contributed by atoms with Crippen LogP contribution in [0.5, 0.6) is 0 Å². The first-order chi connectivity index (χ1) is 9.64. The predicted molar refractivity (Wildman–Crippen MR) is 82.7 cm³/mol. The normalized spacial score (nSPS) is 21.6. The number of primary amides is 1. The highest BCUT2D eigenvalue weighted by atomic mass is 32.1. The quantitative estimate of drug-likeness (QED) is 0.732. The van der Waals surface area contributed by atoms with Crippen LogP contribution in [0.2, 0.25) is 0 Å². The zero-order valence-electron chi connectivity index (χ0n) is 12.3. The summed E-state index contributed by atoms with van der Waals surface area (Å²) in [5.74, 6) is -0.930. The smallest absolute Gasteiger partial charge is 0.265 e. The fourth-order valence-corrected chi connectivity index (χ4v) is 3.65. The summed E-state index contributed by atoms with van der Waals surface area (Å²) in [6.45, 7) is 2.70. The highest BCUT2D eigenvalue weighted by Gasteiger charge is 2.36. The average molecular weight is 312 g/mol. The number of hydrogen-bond acceptors (Lipinski definition) is 6. The van der Waals surface area contributed by atoms with E-state index in [9.17, 15) is 14.7 Å². The Hall–Kier alpha value is -1.80. The number of nitrogens with zero attached hydrogens (tertiary/aromatic N) is 2. The number of nitrogens with two attached hydrogens (primary N) is 2. The summed E-state index contributed by atoms with van der Waals surface area (Å²) in [5, 5.41) is 10.6. The van der Waals surface area contributed by atoms with Crippen molar-refractivity contribution in [2.24, 2.45) is 5.73 Å². The van der Waals surface area contributed by atoms with Gasteiger partial charge in [0.1, 0.15) is 9.88 Å². The Morgan fingerprint density at radius 1 is 1.43 bits per heavy atom.